The van der Waals surface area contributed by atoms with Crippen molar-refractivity contribution in [2.45, 2.75) is 25.4 Å². The number of aromatic nitrogens is 2. The topological polar surface area (TPSA) is 73.3 Å². The molecule has 1 saturated heterocycles. The summed E-state index contributed by atoms with van der Waals surface area (Å²) in [6, 6.07) is 7.42. The van der Waals surface area contributed by atoms with Crippen LogP contribution in [-0.4, -0.2) is 29.8 Å². The summed E-state index contributed by atoms with van der Waals surface area (Å²) in [6.07, 6.45) is 2.33. The van der Waals surface area contributed by atoms with E-state index in [0.717, 1.165) is 35.8 Å². The molecular formula is C15H17N3O3S. The van der Waals surface area contributed by atoms with Crippen molar-refractivity contribution >= 4 is 22.4 Å². The molecule has 2 heterocycles. The number of hydrogen-bond acceptors (Lipinski definition) is 6. The number of ether oxygens (including phenoxy) is 2. The quantitative estimate of drug-likeness (QED) is 0.917. The van der Waals surface area contributed by atoms with Gasteiger partial charge in [-0.3, -0.25) is 4.79 Å². The van der Waals surface area contributed by atoms with Crippen molar-refractivity contribution in [2.24, 2.45) is 0 Å². The first-order chi connectivity index (χ1) is 10.7. The lowest BCUT2D eigenvalue weighted by molar-refractivity contribution is -0.115. The van der Waals surface area contributed by atoms with Crippen molar-refractivity contribution in [3.8, 4) is 5.75 Å². The Morgan fingerprint density at radius 1 is 1.41 bits per heavy atom. The number of methoxy groups -OCH3 is 1. The Balaban J connectivity index is 1.56. The maximum atomic E-state index is 12.0. The summed E-state index contributed by atoms with van der Waals surface area (Å²) in [6.45, 7) is 0.767. The SMILES string of the molecule is COc1ccc(CC(=O)Nc2nnc([C@@H]3CCCO3)s2)cc1. The Labute approximate surface area is 132 Å². The summed E-state index contributed by atoms with van der Waals surface area (Å²) in [4.78, 5) is 12.0. The third-order valence-corrected chi connectivity index (χ3v) is 4.35. The van der Waals surface area contributed by atoms with Crippen LogP contribution in [0.15, 0.2) is 24.3 Å². The predicted octanol–water partition coefficient (Wildman–Crippen LogP) is 2.58. The van der Waals surface area contributed by atoms with E-state index < -0.39 is 0 Å². The number of anilines is 1. The van der Waals surface area contributed by atoms with Gasteiger partial charge in [-0.1, -0.05) is 23.5 Å². The number of carbonyl (C=O) groups excluding carboxylic acids is 1. The van der Waals surface area contributed by atoms with Crippen molar-refractivity contribution in [3.05, 3.63) is 34.8 Å². The maximum Gasteiger partial charge on any atom is 0.230 e. The summed E-state index contributed by atoms with van der Waals surface area (Å²) >= 11 is 1.38. The molecule has 1 aromatic heterocycles. The minimum atomic E-state index is -0.111. The van der Waals surface area contributed by atoms with Gasteiger partial charge in [0.2, 0.25) is 11.0 Å². The van der Waals surface area contributed by atoms with Gasteiger partial charge in [0.1, 0.15) is 16.9 Å². The lowest BCUT2D eigenvalue weighted by Crippen LogP contribution is -2.14. The van der Waals surface area contributed by atoms with Gasteiger partial charge in [0, 0.05) is 6.61 Å². The molecule has 7 heteroatoms. The fourth-order valence-electron chi connectivity index (χ4n) is 2.28. The number of hydrogen-bond donors (Lipinski definition) is 1. The minimum absolute atomic E-state index is 0.0322. The van der Waals surface area contributed by atoms with Gasteiger partial charge < -0.3 is 14.8 Å². The molecule has 116 valence electrons. The highest BCUT2D eigenvalue weighted by Gasteiger charge is 2.22. The standard InChI is InChI=1S/C15H17N3O3S/c1-20-11-6-4-10(5-7-11)9-13(19)16-15-18-17-14(22-15)12-3-2-8-21-12/h4-7,12H,2-3,8-9H2,1H3,(H,16,18,19)/t12-/m0/s1. The Morgan fingerprint density at radius 2 is 2.23 bits per heavy atom. The van der Waals surface area contributed by atoms with Crippen LogP contribution in [0, 0.1) is 0 Å². The van der Waals surface area contributed by atoms with E-state index in [1.807, 2.05) is 24.3 Å². The second-order valence-corrected chi connectivity index (χ2v) is 6.03. The fraction of sp³-hybridized carbons (Fsp3) is 0.400. The molecule has 0 aliphatic carbocycles. The average Bonchev–Trinajstić information content (AvgIpc) is 3.19. The molecule has 1 aliphatic heterocycles. The Hall–Kier alpha value is -1.99. The lowest BCUT2D eigenvalue weighted by Gasteiger charge is -2.04. The molecule has 0 radical (unpaired) electrons. The number of benzene rings is 1. The molecule has 1 aromatic carbocycles. The van der Waals surface area contributed by atoms with Crippen molar-refractivity contribution in [1.29, 1.82) is 0 Å². The van der Waals surface area contributed by atoms with E-state index in [0.29, 0.717) is 11.6 Å². The van der Waals surface area contributed by atoms with E-state index in [4.69, 9.17) is 9.47 Å². The molecule has 1 amide bonds. The summed E-state index contributed by atoms with van der Waals surface area (Å²) in [5.74, 6) is 0.662. The van der Waals surface area contributed by atoms with Gasteiger partial charge in [-0.25, -0.2) is 0 Å². The van der Waals surface area contributed by atoms with Gasteiger partial charge in [-0.05, 0) is 30.5 Å². The summed E-state index contributed by atoms with van der Waals surface area (Å²) < 4.78 is 10.7. The zero-order valence-electron chi connectivity index (χ0n) is 12.2. The molecular weight excluding hydrogens is 302 g/mol. The van der Waals surface area contributed by atoms with Crippen LogP contribution < -0.4 is 10.1 Å². The third kappa shape index (κ3) is 3.61. The first kappa shape index (κ1) is 14.9. The van der Waals surface area contributed by atoms with E-state index in [-0.39, 0.29) is 12.0 Å². The van der Waals surface area contributed by atoms with Crippen LogP contribution in [-0.2, 0) is 16.0 Å². The van der Waals surface area contributed by atoms with Crippen molar-refractivity contribution in [1.82, 2.24) is 10.2 Å². The van der Waals surface area contributed by atoms with Crippen molar-refractivity contribution in [3.63, 3.8) is 0 Å². The van der Waals surface area contributed by atoms with Gasteiger partial charge in [0.25, 0.3) is 0 Å². The summed E-state index contributed by atoms with van der Waals surface area (Å²) in [7, 11) is 1.61. The normalized spacial score (nSPS) is 17.4. The Kier molecular flexibility index (Phi) is 4.65. The molecule has 1 aliphatic rings. The number of nitrogens with zero attached hydrogens (tertiary/aromatic N) is 2. The highest BCUT2D eigenvalue weighted by molar-refractivity contribution is 7.15. The second-order valence-electron chi connectivity index (χ2n) is 5.02. The molecule has 0 unspecified atom stereocenters. The number of carbonyl (C=O) groups is 1. The molecule has 0 spiro atoms. The molecule has 1 N–H and O–H groups in total. The molecule has 0 saturated carbocycles. The van der Waals surface area contributed by atoms with Crippen LogP contribution in [0.4, 0.5) is 5.13 Å². The van der Waals surface area contributed by atoms with E-state index in [1.165, 1.54) is 11.3 Å². The monoisotopic (exact) mass is 319 g/mol. The van der Waals surface area contributed by atoms with Gasteiger partial charge >= 0.3 is 0 Å². The minimum Gasteiger partial charge on any atom is -0.497 e. The van der Waals surface area contributed by atoms with Crippen LogP contribution in [0.25, 0.3) is 0 Å². The molecule has 2 aromatic rings. The number of amides is 1. The third-order valence-electron chi connectivity index (χ3n) is 3.42. The zero-order chi connectivity index (χ0) is 15.4. The summed E-state index contributed by atoms with van der Waals surface area (Å²) in [5.41, 5.74) is 0.919. The first-order valence-electron chi connectivity index (χ1n) is 7.12. The van der Waals surface area contributed by atoms with Crippen LogP contribution in [0.5, 0.6) is 5.75 Å². The second kappa shape index (κ2) is 6.85. The van der Waals surface area contributed by atoms with Gasteiger partial charge in [-0.2, -0.15) is 0 Å². The molecule has 6 nitrogen and oxygen atoms in total. The Morgan fingerprint density at radius 3 is 2.91 bits per heavy atom. The largest absolute Gasteiger partial charge is 0.497 e. The van der Waals surface area contributed by atoms with E-state index in [9.17, 15) is 4.79 Å². The molecule has 3 rings (SSSR count). The van der Waals surface area contributed by atoms with E-state index in [2.05, 4.69) is 15.5 Å². The molecule has 1 atom stereocenters. The van der Waals surface area contributed by atoms with Gasteiger partial charge in [0.15, 0.2) is 0 Å². The summed E-state index contributed by atoms with van der Waals surface area (Å²) in [5, 5.41) is 12.2. The lowest BCUT2D eigenvalue weighted by atomic mass is 10.1. The van der Waals surface area contributed by atoms with Crippen molar-refractivity contribution < 1.29 is 14.3 Å². The van der Waals surface area contributed by atoms with Crippen LogP contribution in [0.2, 0.25) is 0 Å². The molecule has 22 heavy (non-hydrogen) atoms. The highest BCUT2D eigenvalue weighted by Crippen LogP contribution is 2.31. The average molecular weight is 319 g/mol. The predicted molar refractivity (Wildman–Crippen MR) is 83.2 cm³/mol. The smallest absolute Gasteiger partial charge is 0.230 e. The number of rotatable bonds is 5. The van der Waals surface area contributed by atoms with Crippen molar-refractivity contribution in [2.75, 3.05) is 19.0 Å². The van der Waals surface area contributed by atoms with Gasteiger partial charge in [-0.15, -0.1) is 10.2 Å². The van der Waals surface area contributed by atoms with Crippen LogP contribution in [0.3, 0.4) is 0 Å². The number of nitrogens with one attached hydrogen (secondary N) is 1. The van der Waals surface area contributed by atoms with Crippen LogP contribution in [0.1, 0.15) is 29.5 Å². The fourth-order valence-corrected chi connectivity index (χ4v) is 3.12. The zero-order valence-corrected chi connectivity index (χ0v) is 13.1. The molecule has 1 fully saturated rings. The van der Waals surface area contributed by atoms with Gasteiger partial charge in [0.05, 0.1) is 13.5 Å². The Bertz CT molecular complexity index is 636. The first-order valence-corrected chi connectivity index (χ1v) is 7.94. The maximum absolute atomic E-state index is 12.0. The van der Waals surface area contributed by atoms with E-state index >= 15 is 0 Å². The van der Waals surface area contributed by atoms with E-state index in [1.54, 1.807) is 7.11 Å². The molecule has 0 bridgehead atoms. The van der Waals surface area contributed by atoms with Crippen LogP contribution >= 0.6 is 11.3 Å². The highest BCUT2D eigenvalue weighted by atomic mass is 32.1.